The van der Waals surface area contributed by atoms with E-state index in [1.807, 2.05) is 0 Å². The van der Waals surface area contributed by atoms with E-state index in [4.69, 9.17) is 5.11 Å². The summed E-state index contributed by atoms with van der Waals surface area (Å²) < 4.78 is 1.60. The van der Waals surface area contributed by atoms with Crippen LogP contribution in [0, 0.1) is 6.92 Å². The van der Waals surface area contributed by atoms with Crippen LogP contribution in [0.3, 0.4) is 0 Å². The van der Waals surface area contributed by atoms with Gasteiger partial charge in [0, 0.05) is 18.0 Å². The largest absolute Gasteiger partial charge is 0.508 e. The Morgan fingerprint density at radius 1 is 1.33 bits per heavy atom. The average molecular weight is 205 g/mol. The van der Waals surface area contributed by atoms with Crippen LogP contribution in [0.25, 0.3) is 10.9 Å². The number of carboxylic acid groups (broad SMARTS) is 1. The van der Waals surface area contributed by atoms with Crippen molar-refractivity contribution in [2.75, 3.05) is 0 Å². The standard InChI is InChI=1S/C11H11NO3/c1-6-3-8-7(5-10(6)13)4-9(11(14)15)12(8)2/h3-5,13H,1-2H3,(H,14,15). The molecule has 1 aromatic carbocycles. The maximum atomic E-state index is 10.9. The van der Waals surface area contributed by atoms with Gasteiger partial charge in [-0.25, -0.2) is 4.79 Å². The smallest absolute Gasteiger partial charge is 0.352 e. The lowest BCUT2D eigenvalue weighted by atomic mass is 10.1. The molecule has 2 aromatic rings. The van der Waals surface area contributed by atoms with Crippen molar-refractivity contribution >= 4 is 16.9 Å². The first-order chi connectivity index (χ1) is 7.00. The molecule has 4 nitrogen and oxygen atoms in total. The summed E-state index contributed by atoms with van der Waals surface area (Å²) in [7, 11) is 1.70. The molecule has 0 amide bonds. The number of nitrogens with zero attached hydrogens (tertiary/aromatic N) is 1. The molecule has 0 atom stereocenters. The Labute approximate surface area is 86.4 Å². The van der Waals surface area contributed by atoms with Gasteiger partial charge in [0.05, 0.1) is 0 Å². The predicted molar refractivity (Wildman–Crippen MR) is 56.3 cm³/mol. The molecule has 1 aromatic heterocycles. The summed E-state index contributed by atoms with van der Waals surface area (Å²) in [6.45, 7) is 1.78. The van der Waals surface area contributed by atoms with Gasteiger partial charge in [-0.2, -0.15) is 0 Å². The zero-order valence-electron chi connectivity index (χ0n) is 8.48. The molecule has 0 fully saturated rings. The lowest BCUT2D eigenvalue weighted by Gasteiger charge is -2.01. The Bertz CT molecular complexity index is 554. The fourth-order valence-electron chi connectivity index (χ4n) is 1.68. The molecule has 0 spiro atoms. The lowest BCUT2D eigenvalue weighted by molar-refractivity contribution is 0.0687. The van der Waals surface area contributed by atoms with Gasteiger partial charge < -0.3 is 14.8 Å². The van der Waals surface area contributed by atoms with Crippen LogP contribution in [0.1, 0.15) is 16.1 Å². The van der Waals surface area contributed by atoms with Crippen molar-refractivity contribution in [2.24, 2.45) is 7.05 Å². The topological polar surface area (TPSA) is 62.5 Å². The maximum Gasteiger partial charge on any atom is 0.352 e. The summed E-state index contributed by atoms with van der Waals surface area (Å²) >= 11 is 0. The van der Waals surface area contributed by atoms with Crippen molar-refractivity contribution in [3.05, 3.63) is 29.5 Å². The summed E-state index contributed by atoms with van der Waals surface area (Å²) in [4.78, 5) is 10.9. The molecule has 0 unspecified atom stereocenters. The third-order valence-electron chi connectivity index (χ3n) is 2.58. The average Bonchev–Trinajstić information content (AvgIpc) is 2.46. The Morgan fingerprint density at radius 2 is 2.00 bits per heavy atom. The Balaban J connectivity index is 2.83. The van der Waals surface area contributed by atoms with Gasteiger partial charge in [-0.15, -0.1) is 0 Å². The maximum absolute atomic E-state index is 10.9. The van der Waals surface area contributed by atoms with E-state index in [0.717, 1.165) is 16.5 Å². The number of aryl methyl sites for hydroxylation is 2. The zero-order chi connectivity index (χ0) is 11.2. The highest BCUT2D eigenvalue weighted by Gasteiger charge is 2.12. The number of fused-ring (bicyclic) bond motifs is 1. The molecule has 78 valence electrons. The quantitative estimate of drug-likeness (QED) is 0.747. The van der Waals surface area contributed by atoms with Gasteiger partial charge in [0.25, 0.3) is 0 Å². The van der Waals surface area contributed by atoms with E-state index in [0.29, 0.717) is 0 Å². The van der Waals surface area contributed by atoms with Crippen molar-refractivity contribution in [3.8, 4) is 5.75 Å². The van der Waals surface area contributed by atoms with Crippen LogP contribution in [0.5, 0.6) is 5.75 Å². The van der Waals surface area contributed by atoms with Crippen molar-refractivity contribution in [1.82, 2.24) is 4.57 Å². The second-order valence-electron chi connectivity index (χ2n) is 3.59. The van der Waals surface area contributed by atoms with Crippen molar-refractivity contribution in [2.45, 2.75) is 6.92 Å². The number of carboxylic acids is 1. The van der Waals surface area contributed by atoms with E-state index < -0.39 is 5.97 Å². The van der Waals surface area contributed by atoms with Gasteiger partial charge in [0.1, 0.15) is 11.4 Å². The van der Waals surface area contributed by atoms with Crippen molar-refractivity contribution < 1.29 is 15.0 Å². The van der Waals surface area contributed by atoms with Gasteiger partial charge in [0.2, 0.25) is 0 Å². The number of aromatic nitrogens is 1. The van der Waals surface area contributed by atoms with E-state index in [-0.39, 0.29) is 11.4 Å². The van der Waals surface area contributed by atoms with Crippen LogP contribution < -0.4 is 0 Å². The summed E-state index contributed by atoms with van der Waals surface area (Å²) in [6.07, 6.45) is 0. The number of benzene rings is 1. The zero-order valence-corrected chi connectivity index (χ0v) is 8.48. The van der Waals surface area contributed by atoms with E-state index >= 15 is 0 Å². The Kier molecular flexibility index (Phi) is 1.93. The number of hydrogen-bond acceptors (Lipinski definition) is 2. The number of carbonyl (C=O) groups is 1. The fraction of sp³-hybridized carbons (Fsp3) is 0.182. The highest BCUT2D eigenvalue weighted by Crippen LogP contribution is 2.26. The molecular formula is C11H11NO3. The van der Waals surface area contributed by atoms with Crippen molar-refractivity contribution in [1.29, 1.82) is 0 Å². The molecule has 0 saturated carbocycles. The minimum absolute atomic E-state index is 0.185. The Hall–Kier alpha value is -1.97. The number of phenolic OH excluding ortho intramolecular Hbond substituents is 1. The molecule has 0 aliphatic heterocycles. The second-order valence-corrected chi connectivity index (χ2v) is 3.59. The number of rotatable bonds is 1. The van der Waals surface area contributed by atoms with Gasteiger partial charge >= 0.3 is 5.97 Å². The first-order valence-corrected chi connectivity index (χ1v) is 4.53. The molecule has 15 heavy (non-hydrogen) atoms. The van der Waals surface area contributed by atoms with E-state index in [2.05, 4.69) is 0 Å². The molecule has 2 N–H and O–H groups in total. The SMILES string of the molecule is Cc1cc2c(cc1O)cc(C(=O)O)n2C. The highest BCUT2D eigenvalue weighted by molar-refractivity contribution is 5.95. The molecule has 0 bridgehead atoms. The molecule has 0 aliphatic carbocycles. The van der Waals surface area contributed by atoms with Crippen molar-refractivity contribution in [3.63, 3.8) is 0 Å². The summed E-state index contributed by atoms with van der Waals surface area (Å²) in [6, 6.07) is 4.91. The molecule has 0 saturated heterocycles. The fourth-order valence-corrected chi connectivity index (χ4v) is 1.68. The first kappa shape index (κ1) is 9.58. The normalized spacial score (nSPS) is 10.8. The van der Waals surface area contributed by atoms with Crippen LogP contribution in [0.15, 0.2) is 18.2 Å². The Morgan fingerprint density at radius 3 is 2.60 bits per heavy atom. The lowest BCUT2D eigenvalue weighted by Crippen LogP contribution is -2.03. The first-order valence-electron chi connectivity index (χ1n) is 4.53. The van der Waals surface area contributed by atoms with E-state index in [1.165, 1.54) is 0 Å². The van der Waals surface area contributed by atoms with Crippen LogP contribution >= 0.6 is 0 Å². The molecule has 4 heteroatoms. The van der Waals surface area contributed by atoms with Crippen LogP contribution in [0.2, 0.25) is 0 Å². The monoisotopic (exact) mass is 205 g/mol. The van der Waals surface area contributed by atoms with E-state index in [1.54, 1.807) is 36.7 Å². The summed E-state index contributed by atoms with van der Waals surface area (Å²) in [5.41, 5.74) is 1.76. The van der Waals surface area contributed by atoms with Crippen LogP contribution in [0.4, 0.5) is 0 Å². The molecule has 0 radical (unpaired) electrons. The van der Waals surface area contributed by atoms with E-state index in [9.17, 15) is 9.90 Å². The van der Waals surface area contributed by atoms with Gasteiger partial charge in [0.15, 0.2) is 0 Å². The third-order valence-corrected chi connectivity index (χ3v) is 2.58. The highest BCUT2D eigenvalue weighted by atomic mass is 16.4. The van der Waals surface area contributed by atoms with Gasteiger partial charge in [-0.1, -0.05) is 0 Å². The number of aromatic carboxylic acids is 1. The van der Waals surface area contributed by atoms with Gasteiger partial charge in [-0.3, -0.25) is 0 Å². The number of phenols is 1. The van der Waals surface area contributed by atoms with Crippen LogP contribution in [-0.4, -0.2) is 20.7 Å². The molecule has 2 rings (SSSR count). The molecular weight excluding hydrogens is 194 g/mol. The second kappa shape index (κ2) is 3.02. The van der Waals surface area contributed by atoms with Crippen LogP contribution in [-0.2, 0) is 7.05 Å². The molecule has 0 aliphatic rings. The third kappa shape index (κ3) is 1.34. The minimum atomic E-state index is -0.967. The van der Waals surface area contributed by atoms with Gasteiger partial charge in [-0.05, 0) is 30.7 Å². The predicted octanol–water partition coefficient (Wildman–Crippen LogP) is 1.89. The number of aromatic hydroxyl groups is 1. The minimum Gasteiger partial charge on any atom is -0.508 e. The number of hydrogen-bond donors (Lipinski definition) is 2. The summed E-state index contributed by atoms with van der Waals surface area (Å²) in [5, 5.41) is 19.2. The molecule has 1 heterocycles. The summed E-state index contributed by atoms with van der Waals surface area (Å²) in [5.74, 6) is -0.782.